The van der Waals surface area contributed by atoms with Gasteiger partial charge in [-0.25, -0.2) is 0 Å². The average Bonchev–Trinajstić information content (AvgIpc) is 2.04. The molecule has 2 heteroatoms. The van der Waals surface area contributed by atoms with Crippen molar-refractivity contribution in [3.63, 3.8) is 0 Å². The number of rotatable bonds is 8. The summed E-state index contributed by atoms with van der Waals surface area (Å²) in [6.07, 6.45) is 5.40. The molecule has 1 unspecified atom stereocenters. The first-order chi connectivity index (χ1) is 6.20. The van der Waals surface area contributed by atoms with Crippen LogP contribution in [0.25, 0.3) is 0 Å². The van der Waals surface area contributed by atoms with Crippen molar-refractivity contribution in [3.05, 3.63) is 12.7 Å². The zero-order valence-corrected chi connectivity index (χ0v) is 9.00. The van der Waals surface area contributed by atoms with Crippen LogP contribution in [0.3, 0.4) is 0 Å². The van der Waals surface area contributed by atoms with Gasteiger partial charge in [-0.15, -0.1) is 6.58 Å². The summed E-state index contributed by atoms with van der Waals surface area (Å²) >= 11 is 0. The molecule has 0 fully saturated rings. The van der Waals surface area contributed by atoms with E-state index in [4.69, 9.17) is 0 Å². The first-order valence-electron chi connectivity index (χ1n) is 5.22. The minimum absolute atomic E-state index is 0.235. The predicted octanol–water partition coefficient (Wildman–Crippen LogP) is 2.05. The van der Waals surface area contributed by atoms with Crippen LogP contribution in [0.1, 0.15) is 33.1 Å². The van der Waals surface area contributed by atoms with Gasteiger partial charge in [-0.3, -0.25) is 4.90 Å². The molecule has 78 valence electrons. The van der Waals surface area contributed by atoms with Crippen LogP contribution in [0.2, 0.25) is 0 Å². The van der Waals surface area contributed by atoms with E-state index in [9.17, 15) is 5.11 Å². The Morgan fingerprint density at radius 1 is 1.46 bits per heavy atom. The number of hydrogen-bond donors (Lipinski definition) is 1. The third-order valence-corrected chi connectivity index (χ3v) is 1.99. The van der Waals surface area contributed by atoms with Crippen molar-refractivity contribution in [2.75, 3.05) is 19.6 Å². The second-order valence-electron chi connectivity index (χ2n) is 3.60. The Morgan fingerprint density at radius 3 is 2.62 bits per heavy atom. The Hall–Kier alpha value is -0.340. The van der Waals surface area contributed by atoms with Crippen LogP contribution in [0, 0.1) is 0 Å². The average molecular weight is 185 g/mol. The van der Waals surface area contributed by atoms with Crippen molar-refractivity contribution in [2.45, 2.75) is 39.2 Å². The van der Waals surface area contributed by atoms with Crippen LogP contribution in [0.5, 0.6) is 0 Å². The Bertz CT molecular complexity index is 123. The lowest BCUT2D eigenvalue weighted by molar-refractivity contribution is 0.132. The Kier molecular flexibility index (Phi) is 8.05. The van der Waals surface area contributed by atoms with Crippen LogP contribution in [0.4, 0.5) is 0 Å². The lowest BCUT2D eigenvalue weighted by Gasteiger charge is -2.21. The van der Waals surface area contributed by atoms with Gasteiger partial charge in [0.15, 0.2) is 0 Å². The normalized spacial score (nSPS) is 13.2. The summed E-state index contributed by atoms with van der Waals surface area (Å²) in [5.74, 6) is 0. The molecular weight excluding hydrogens is 162 g/mol. The summed E-state index contributed by atoms with van der Waals surface area (Å²) in [5, 5.41) is 9.23. The molecule has 0 aliphatic carbocycles. The van der Waals surface area contributed by atoms with E-state index in [1.807, 2.05) is 13.0 Å². The molecule has 0 aromatic rings. The first-order valence-corrected chi connectivity index (χ1v) is 5.22. The zero-order valence-electron chi connectivity index (χ0n) is 9.00. The van der Waals surface area contributed by atoms with Crippen molar-refractivity contribution >= 4 is 0 Å². The minimum Gasteiger partial charge on any atom is -0.392 e. The number of aliphatic hydroxyl groups is 1. The summed E-state index contributed by atoms with van der Waals surface area (Å²) in [6, 6.07) is 0. The first kappa shape index (κ1) is 12.7. The van der Waals surface area contributed by atoms with Crippen LogP contribution in [-0.2, 0) is 0 Å². The number of unbranched alkanes of at least 4 members (excludes halogenated alkanes) is 2. The van der Waals surface area contributed by atoms with Gasteiger partial charge in [-0.05, 0) is 19.9 Å². The highest BCUT2D eigenvalue weighted by Gasteiger charge is 2.05. The molecule has 0 aliphatic rings. The highest BCUT2D eigenvalue weighted by Crippen LogP contribution is 1.99. The topological polar surface area (TPSA) is 23.5 Å². The third-order valence-electron chi connectivity index (χ3n) is 1.99. The van der Waals surface area contributed by atoms with Crippen molar-refractivity contribution in [2.24, 2.45) is 0 Å². The molecule has 2 nitrogen and oxygen atoms in total. The molecule has 0 saturated heterocycles. The second kappa shape index (κ2) is 8.27. The van der Waals surface area contributed by atoms with E-state index in [2.05, 4.69) is 18.4 Å². The Morgan fingerprint density at radius 2 is 2.15 bits per heavy atom. The minimum atomic E-state index is -0.235. The quantitative estimate of drug-likeness (QED) is 0.462. The summed E-state index contributed by atoms with van der Waals surface area (Å²) in [4.78, 5) is 2.24. The summed E-state index contributed by atoms with van der Waals surface area (Å²) < 4.78 is 0. The van der Waals surface area contributed by atoms with Gasteiger partial charge < -0.3 is 5.11 Å². The molecule has 0 aromatic heterocycles. The molecular formula is C11H23NO. The predicted molar refractivity (Wildman–Crippen MR) is 57.8 cm³/mol. The maximum atomic E-state index is 9.23. The monoisotopic (exact) mass is 185 g/mol. The fourth-order valence-corrected chi connectivity index (χ4v) is 1.40. The fourth-order valence-electron chi connectivity index (χ4n) is 1.40. The van der Waals surface area contributed by atoms with Gasteiger partial charge in [-0.2, -0.15) is 0 Å². The molecule has 0 radical (unpaired) electrons. The molecule has 0 bridgehead atoms. The van der Waals surface area contributed by atoms with Crippen LogP contribution >= 0.6 is 0 Å². The largest absolute Gasteiger partial charge is 0.392 e. The van der Waals surface area contributed by atoms with Gasteiger partial charge in [0.05, 0.1) is 6.10 Å². The molecule has 0 aliphatic heterocycles. The third kappa shape index (κ3) is 8.00. The van der Waals surface area contributed by atoms with Crippen molar-refractivity contribution in [1.82, 2.24) is 4.90 Å². The molecule has 0 aromatic carbocycles. The van der Waals surface area contributed by atoms with Gasteiger partial charge in [0.1, 0.15) is 0 Å². The van der Waals surface area contributed by atoms with Crippen molar-refractivity contribution in [1.29, 1.82) is 0 Å². The fraction of sp³-hybridized carbons (Fsp3) is 0.818. The summed E-state index contributed by atoms with van der Waals surface area (Å²) in [6.45, 7) is 10.5. The van der Waals surface area contributed by atoms with E-state index >= 15 is 0 Å². The molecule has 0 rings (SSSR count). The molecule has 0 amide bonds. The molecule has 13 heavy (non-hydrogen) atoms. The summed E-state index contributed by atoms with van der Waals surface area (Å²) in [5.41, 5.74) is 0. The highest BCUT2D eigenvalue weighted by atomic mass is 16.3. The molecule has 1 atom stereocenters. The maximum Gasteiger partial charge on any atom is 0.0639 e. The van der Waals surface area contributed by atoms with Gasteiger partial charge in [0.2, 0.25) is 0 Å². The van der Waals surface area contributed by atoms with Gasteiger partial charge in [-0.1, -0.05) is 25.8 Å². The van der Waals surface area contributed by atoms with E-state index < -0.39 is 0 Å². The van der Waals surface area contributed by atoms with E-state index in [-0.39, 0.29) is 6.10 Å². The smallest absolute Gasteiger partial charge is 0.0639 e. The van der Waals surface area contributed by atoms with Gasteiger partial charge in [0, 0.05) is 13.1 Å². The van der Waals surface area contributed by atoms with E-state index in [0.717, 1.165) is 19.6 Å². The van der Waals surface area contributed by atoms with Crippen LogP contribution < -0.4 is 0 Å². The zero-order chi connectivity index (χ0) is 10.1. The summed E-state index contributed by atoms with van der Waals surface area (Å²) in [7, 11) is 0. The SMILES string of the molecule is C=CCN(CCCCC)CC(C)O. The van der Waals surface area contributed by atoms with Gasteiger partial charge in [0.25, 0.3) is 0 Å². The van der Waals surface area contributed by atoms with Crippen molar-refractivity contribution in [3.8, 4) is 0 Å². The van der Waals surface area contributed by atoms with Crippen LogP contribution in [0.15, 0.2) is 12.7 Å². The lowest BCUT2D eigenvalue weighted by Crippen LogP contribution is -2.32. The maximum absolute atomic E-state index is 9.23. The molecule has 0 heterocycles. The Balaban J connectivity index is 3.59. The molecule has 0 saturated carbocycles. The van der Waals surface area contributed by atoms with Gasteiger partial charge >= 0.3 is 0 Å². The number of aliphatic hydroxyl groups excluding tert-OH is 1. The second-order valence-corrected chi connectivity index (χ2v) is 3.60. The molecule has 1 N–H and O–H groups in total. The highest BCUT2D eigenvalue weighted by molar-refractivity contribution is 4.74. The number of hydrogen-bond acceptors (Lipinski definition) is 2. The van der Waals surface area contributed by atoms with Crippen molar-refractivity contribution < 1.29 is 5.11 Å². The van der Waals surface area contributed by atoms with E-state index in [1.54, 1.807) is 0 Å². The Labute approximate surface area is 82.3 Å². The van der Waals surface area contributed by atoms with E-state index in [1.165, 1.54) is 19.3 Å². The standard InChI is InChI=1S/C11H23NO/c1-4-6-7-9-12(8-5-2)10-11(3)13/h5,11,13H,2,4,6-10H2,1,3H3. The molecule has 0 spiro atoms. The lowest BCUT2D eigenvalue weighted by atomic mass is 10.2. The van der Waals surface area contributed by atoms with E-state index in [0.29, 0.717) is 0 Å². The number of nitrogens with zero attached hydrogens (tertiary/aromatic N) is 1. The van der Waals surface area contributed by atoms with Crippen LogP contribution in [-0.4, -0.2) is 35.7 Å².